The number of nitriles is 1. The van der Waals surface area contributed by atoms with Crippen molar-refractivity contribution in [3.05, 3.63) is 30.0 Å². The molecule has 0 aliphatic rings. The van der Waals surface area contributed by atoms with Crippen molar-refractivity contribution in [2.75, 3.05) is 6.61 Å². The van der Waals surface area contributed by atoms with E-state index in [1.807, 2.05) is 30.3 Å². The maximum absolute atomic E-state index is 8.92. The van der Waals surface area contributed by atoms with Gasteiger partial charge in [0, 0.05) is 5.56 Å². The molecular formula is C13H14N4O. The van der Waals surface area contributed by atoms with Crippen molar-refractivity contribution in [3.63, 3.8) is 0 Å². The summed E-state index contributed by atoms with van der Waals surface area (Å²) in [6.07, 6.45) is 0. The molecule has 0 saturated carbocycles. The van der Waals surface area contributed by atoms with E-state index in [0.717, 1.165) is 11.3 Å². The summed E-state index contributed by atoms with van der Waals surface area (Å²) in [6.45, 7) is 4.85. The molecule has 2 rings (SSSR count). The minimum atomic E-state index is 0.357. The largest absolute Gasteiger partial charge is 0.493 e. The van der Waals surface area contributed by atoms with Crippen LogP contribution in [0.4, 0.5) is 0 Å². The Morgan fingerprint density at radius 3 is 3.00 bits per heavy atom. The van der Waals surface area contributed by atoms with Crippen molar-refractivity contribution in [2.45, 2.75) is 13.8 Å². The molecule has 0 aliphatic carbocycles. The van der Waals surface area contributed by atoms with Gasteiger partial charge in [-0.2, -0.15) is 5.26 Å². The molecule has 0 bridgehead atoms. The third-order valence-corrected chi connectivity index (χ3v) is 2.35. The summed E-state index contributed by atoms with van der Waals surface area (Å²) >= 11 is 0. The Balaban J connectivity index is 2.25. The molecule has 0 saturated heterocycles. The van der Waals surface area contributed by atoms with Crippen molar-refractivity contribution in [3.8, 4) is 23.1 Å². The van der Waals surface area contributed by atoms with Gasteiger partial charge in [0.15, 0.2) is 5.69 Å². The van der Waals surface area contributed by atoms with Gasteiger partial charge in [-0.25, -0.2) is 5.10 Å². The fraction of sp³-hybridized carbons (Fsp3) is 0.308. The van der Waals surface area contributed by atoms with Gasteiger partial charge >= 0.3 is 0 Å². The van der Waals surface area contributed by atoms with Gasteiger partial charge in [-0.15, -0.1) is 5.10 Å². The summed E-state index contributed by atoms with van der Waals surface area (Å²) in [7, 11) is 0. The first-order chi connectivity index (χ1) is 8.70. The van der Waals surface area contributed by atoms with E-state index in [4.69, 9.17) is 10.00 Å². The zero-order valence-corrected chi connectivity index (χ0v) is 10.3. The maximum Gasteiger partial charge on any atom is 0.163 e. The third kappa shape index (κ3) is 2.66. The van der Waals surface area contributed by atoms with Crippen LogP contribution in [0.25, 0.3) is 11.3 Å². The topological polar surface area (TPSA) is 74.6 Å². The van der Waals surface area contributed by atoms with E-state index in [1.165, 1.54) is 0 Å². The Morgan fingerprint density at radius 1 is 1.44 bits per heavy atom. The minimum absolute atomic E-state index is 0.357. The molecule has 1 aromatic carbocycles. The predicted molar refractivity (Wildman–Crippen MR) is 66.9 cm³/mol. The highest BCUT2D eigenvalue weighted by Gasteiger charge is 2.09. The van der Waals surface area contributed by atoms with Crippen LogP contribution in [0.5, 0.6) is 5.75 Å². The molecule has 1 N–H and O–H groups in total. The molecule has 0 unspecified atom stereocenters. The molecule has 0 aliphatic heterocycles. The second kappa shape index (κ2) is 5.32. The van der Waals surface area contributed by atoms with Crippen LogP contribution in [0.15, 0.2) is 24.3 Å². The van der Waals surface area contributed by atoms with Gasteiger partial charge in [-0.1, -0.05) is 31.2 Å². The Labute approximate surface area is 105 Å². The maximum atomic E-state index is 8.92. The van der Waals surface area contributed by atoms with Gasteiger partial charge < -0.3 is 4.74 Å². The Bertz CT molecular complexity index is 568. The van der Waals surface area contributed by atoms with Crippen LogP contribution >= 0.6 is 0 Å². The number of hydrogen-bond donors (Lipinski definition) is 1. The highest BCUT2D eigenvalue weighted by molar-refractivity contribution is 5.65. The number of H-pyrrole nitrogens is 1. The fourth-order valence-electron chi connectivity index (χ4n) is 1.50. The van der Waals surface area contributed by atoms with Crippen LogP contribution in [0.2, 0.25) is 0 Å². The molecule has 1 heterocycles. The number of nitrogens with one attached hydrogen (secondary N) is 1. The van der Waals surface area contributed by atoms with E-state index in [2.05, 4.69) is 29.3 Å². The first-order valence-corrected chi connectivity index (χ1v) is 5.75. The van der Waals surface area contributed by atoms with E-state index >= 15 is 0 Å². The Morgan fingerprint density at radius 2 is 2.28 bits per heavy atom. The second-order valence-corrected chi connectivity index (χ2v) is 4.38. The van der Waals surface area contributed by atoms with E-state index in [9.17, 15) is 0 Å². The van der Waals surface area contributed by atoms with Crippen LogP contribution in [-0.2, 0) is 0 Å². The third-order valence-electron chi connectivity index (χ3n) is 2.35. The van der Waals surface area contributed by atoms with Gasteiger partial charge in [0.05, 0.1) is 6.61 Å². The lowest BCUT2D eigenvalue weighted by molar-refractivity contribution is 0.271. The number of hydrogen-bond acceptors (Lipinski definition) is 4. The standard InChI is InChI=1S/C13H14N4O/c1-9(2)8-18-11-5-3-4-10(6-11)13-12(7-14)15-17-16-13/h3-6,9H,8H2,1-2H3,(H,15,16,17). The monoisotopic (exact) mass is 242 g/mol. The molecule has 0 spiro atoms. The number of benzene rings is 1. The lowest BCUT2D eigenvalue weighted by Crippen LogP contribution is -2.04. The van der Waals surface area contributed by atoms with Crippen LogP contribution in [0.3, 0.4) is 0 Å². The normalized spacial score (nSPS) is 10.3. The van der Waals surface area contributed by atoms with E-state index < -0.39 is 0 Å². The average Bonchev–Trinajstić information content (AvgIpc) is 2.85. The fourth-order valence-corrected chi connectivity index (χ4v) is 1.50. The number of rotatable bonds is 4. The van der Waals surface area contributed by atoms with Crippen molar-refractivity contribution < 1.29 is 4.74 Å². The molecule has 5 heteroatoms. The molecule has 0 radical (unpaired) electrons. The number of aromatic nitrogens is 3. The number of nitrogens with zero attached hydrogens (tertiary/aromatic N) is 3. The number of ether oxygens (including phenoxy) is 1. The van der Waals surface area contributed by atoms with Crippen LogP contribution in [0, 0.1) is 17.2 Å². The minimum Gasteiger partial charge on any atom is -0.493 e. The van der Waals surface area contributed by atoms with Gasteiger partial charge in [0.25, 0.3) is 0 Å². The molecule has 0 atom stereocenters. The van der Waals surface area contributed by atoms with E-state index in [1.54, 1.807) is 0 Å². The van der Waals surface area contributed by atoms with Gasteiger partial charge in [-0.05, 0) is 18.1 Å². The van der Waals surface area contributed by atoms with E-state index in [-0.39, 0.29) is 0 Å². The highest BCUT2D eigenvalue weighted by atomic mass is 16.5. The molecule has 5 nitrogen and oxygen atoms in total. The van der Waals surface area contributed by atoms with Crippen LogP contribution < -0.4 is 4.74 Å². The average molecular weight is 242 g/mol. The van der Waals surface area contributed by atoms with Crippen LogP contribution in [0.1, 0.15) is 19.5 Å². The predicted octanol–water partition coefficient (Wildman–Crippen LogP) is 2.38. The summed E-state index contributed by atoms with van der Waals surface area (Å²) in [4.78, 5) is 0. The van der Waals surface area contributed by atoms with Crippen LogP contribution in [-0.4, -0.2) is 22.0 Å². The molecule has 1 aromatic heterocycles. The molecule has 92 valence electrons. The molecule has 0 amide bonds. The van der Waals surface area contributed by atoms with Crippen molar-refractivity contribution in [2.24, 2.45) is 5.92 Å². The molecular weight excluding hydrogens is 228 g/mol. The zero-order chi connectivity index (χ0) is 13.0. The Kier molecular flexibility index (Phi) is 3.58. The van der Waals surface area contributed by atoms with Crippen molar-refractivity contribution in [1.82, 2.24) is 15.4 Å². The SMILES string of the molecule is CC(C)COc1cccc(-c2nn[nH]c2C#N)c1. The quantitative estimate of drug-likeness (QED) is 0.893. The summed E-state index contributed by atoms with van der Waals surface area (Å²) < 4.78 is 5.64. The first-order valence-electron chi connectivity index (χ1n) is 5.75. The van der Waals surface area contributed by atoms with Crippen molar-refractivity contribution in [1.29, 1.82) is 5.26 Å². The summed E-state index contributed by atoms with van der Waals surface area (Å²) in [5, 5.41) is 19.0. The summed E-state index contributed by atoms with van der Waals surface area (Å²) in [6, 6.07) is 9.52. The lowest BCUT2D eigenvalue weighted by atomic mass is 10.1. The molecule has 2 aromatic rings. The zero-order valence-electron chi connectivity index (χ0n) is 10.3. The molecule has 18 heavy (non-hydrogen) atoms. The van der Waals surface area contributed by atoms with Gasteiger partial charge in [0.1, 0.15) is 17.5 Å². The summed E-state index contributed by atoms with van der Waals surface area (Å²) in [5.74, 6) is 1.24. The van der Waals surface area contributed by atoms with Gasteiger partial charge in [0.2, 0.25) is 0 Å². The second-order valence-electron chi connectivity index (χ2n) is 4.38. The number of aromatic amines is 1. The summed E-state index contributed by atoms with van der Waals surface area (Å²) in [5.41, 5.74) is 1.73. The lowest BCUT2D eigenvalue weighted by Gasteiger charge is -2.09. The van der Waals surface area contributed by atoms with E-state index in [0.29, 0.717) is 23.9 Å². The smallest absolute Gasteiger partial charge is 0.163 e. The van der Waals surface area contributed by atoms with Gasteiger partial charge in [-0.3, -0.25) is 0 Å². The van der Waals surface area contributed by atoms with Crippen molar-refractivity contribution >= 4 is 0 Å². The molecule has 0 fully saturated rings. The Hall–Kier alpha value is -2.35. The first kappa shape index (κ1) is 12.1. The highest BCUT2D eigenvalue weighted by Crippen LogP contribution is 2.23.